The molecule has 1 aliphatic heterocycles. The van der Waals surface area contributed by atoms with Crippen LogP contribution in [0.5, 0.6) is 5.75 Å². The summed E-state index contributed by atoms with van der Waals surface area (Å²) < 4.78 is 11.3. The van der Waals surface area contributed by atoms with Crippen molar-refractivity contribution in [2.45, 2.75) is 51.7 Å². The number of piperidine rings is 1. The lowest BCUT2D eigenvalue weighted by molar-refractivity contribution is 0.0555. The molecule has 5 heteroatoms. The van der Waals surface area contributed by atoms with Crippen molar-refractivity contribution >= 4 is 11.8 Å². The Bertz CT molecular complexity index is 500. The van der Waals surface area contributed by atoms with E-state index >= 15 is 0 Å². The van der Waals surface area contributed by atoms with Crippen LogP contribution in [0.2, 0.25) is 0 Å². The van der Waals surface area contributed by atoms with Crippen LogP contribution in [0.3, 0.4) is 0 Å². The van der Waals surface area contributed by atoms with Crippen molar-refractivity contribution in [2.24, 2.45) is 0 Å². The molecule has 5 nitrogen and oxygen atoms in total. The van der Waals surface area contributed by atoms with Crippen LogP contribution in [-0.2, 0) is 4.74 Å². The van der Waals surface area contributed by atoms with Crippen molar-refractivity contribution in [3.63, 3.8) is 0 Å². The summed E-state index contributed by atoms with van der Waals surface area (Å²) in [6.45, 7) is 9.61. The van der Waals surface area contributed by atoms with E-state index in [2.05, 4.69) is 17.6 Å². The predicted molar refractivity (Wildman–Crippen MR) is 87.4 cm³/mol. The Labute approximate surface area is 132 Å². The van der Waals surface area contributed by atoms with Gasteiger partial charge in [-0.2, -0.15) is 0 Å². The van der Waals surface area contributed by atoms with Crippen molar-refractivity contribution in [2.75, 3.05) is 18.4 Å². The van der Waals surface area contributed by atoms with Gasteiger partial charge in [0.2, 0.25) is 0 Å². The fourth-order valence-corrected chi connectivity index (χ4v) is 2.37. The number of benzene rings is 1. The molecule has 1 amide bonds. The zero-order valence-electron chi connectivity index (χ0n) is 13.9. The van der Waals surface area contributed by atoms with Crippen molar-refractivity contribution in [3.05, 3.63) is 24.3 Å². The molecule has 1 fully saturated rings. The number of anilines is 1. The lowest BCUT2D eigenvalue weighted by Gasteiger charge is -2.34. The summed E-state index contributed by atoms with van der Waals surface area (Å²) >= 11 is 0. The highest BCUT2D eigenvalue weighted by molar-refractivity contribution is 5.84. The van der Waals surface area contributed by atoms with E-state index in [1.807, 2.05) is 45.0 Å². The number of hydrogen-bond acceptors (Lipinski definition) is 4. The summed E-state index contributed by atoms with van der Waals surface area (Å²) in [6.07, 6.45) is 1.53. The van der Waals surface area contributed by atoms with E-state index in [4.69, 9.17) is 9.47 Å². The minimum absolute atomic E-state index is 0.120. The quantitative estimate of drug-likeness (QED) is 0.896. The van der Waals surface area contributed by atoms with Gasteiger partial charge >= 0.3 is 6.09 Å². The SMILES string of the molecule is CC(C)(C)OC(=O)Nc1ccc(OC2(C)CCNCC2)cc1. The number of hydrogen-bond donors (Lipinski definition) is 2. The first-order valence-corrected chi connectivity index (χ1v) is 7.76. The third-order valence-corrected chi connectivity index (χ3v) is 3.53. The molecule has 22 heavy (non-hydrogen) atoms. The standard InChI is InChI=1S/C17H26N2O3/c1-16(2,3)22-15(20)19-13-5-7-14(8-6-13)21-17(4)9-11-18-12-10-17/h5-8,18H,9-12H2,1-4H3,(H,19,20). The smallest absolute Gasteiger partial charge is 0.412 e. The maximum absolute atomic E-state index is 11.7. The number of carbonyl (C=O) groups is 1. The Hall–Kier alpha value is -1.75. The molecule has 1 saturated heterocycles. The van der Waals surface area contributed by atoms with Crippen LogP contribution in [0.4, 0.5) is 10.5 Å². The molecule has 0 atom stereocenters. The third-order valence-electron chi connectivity index (χ3n) is 3.53. The third kappa shape index (κ3) is 5.22. The van der Waals surface area contributed by atoms with Gasteiger partial charge in [-0.05, 0) is 77.9 Å². The van der Waals surface area contributed by atoms with Gasteiger partial charge in [0.05, 0.1) is 0 Å². The molecular formula is C17H26N2O3. The fourth-order valence-electron chi connectivity index (χ4n) is 2.37. The van der Waals surface area contributed by atoms with E-state index in [1.54, 1.807) is 0 Å². The number of rotatable bonds is 3. The monoisotopic (exact) mass is 306 g/mol. The zero-order chi connectivity index (χ0) is 16.2. The van der Waals surface area contributed by atoms with Gasteiger partial charge in [-0.3, -0.25) is 5.32 Å². The molecule has 0 aromatic heterocycles. The lowest BCUT2D eigenvalue weighted by Crippen LogP contribution is -2.43. The fraction of sp³-hybridized carbons (Fsp3) is 0.588. The number of nitrogens with one attached hydrogen (secondary N) is 2. The van der Waals surface area contributed by atoms with Gasteiger partial charge in [0.15, 0.2) is 0 Å². The summed E-state index contributed by atoms with van der Waals surface area (Å²) in [4.78, 5) is 11.7. The second kappa shape index (κ2) is 6.57. The maximum Gasteiger partial charge on any atom is 0.412 e. The Morgan fingerprint density at radius 2 is 1.77 bits per heavy atom. The number of carbonyl (C=O) groups excluding carboxylic acids is 1. The van der Waals surface area contributed by atoms with Crippen molar-refractivity contribution < 1.29 is 14.3 Å². The highest BCUT2D eigenvalue weighted by Gasteiger charge is 2.28. The minimum atomic E-state index is -0.503. The van der Waals surface area contributed by atoms with Crippen LogP contribution in [0, 0.1) is 0 Å². The Morgan fingerprint density at radius 1 is 1.18 bits per heavy atom. The molecule has 0 aliphatic carbocycles. The molecule has 1 aromatic carbocycles. The number of ether oxygens (including phenoxy) is 2. The molecular weight excluding hydrogens is 280 g/mol. The van der Waals surface area contributed by atoms with Crippen LogP contribution in [-0.4, -0.2) is 30.4 Å². The van der Waals surface area contributed by atoms with Crippen LogP contribution >= 0.6 is 0 Å². The maximum atomic E-state index is 11.7. The van der Waals surface area contributed by atoms with E-state index in [9.17, 15) is 4.79 Å². The van der Waals surface area contributed by atoms with E-state index in [1.165, 1.54) is 0 Å². The van der Waals surface area contributed by atoms with Crippen molar-refractivity contribution in [1.29, 1.82) is 0 Å². The van der Waals surface area contributed by atoms with E-state index in [0.29, 0.717) is 5.69 Å². The second-order valence-electron chi connectivity index (χ2n) is 6.95. The molecule has 0 radical (unpaired) electrons. The topological polar surface area (TPSA) is 59.6 Å². The Kier molecular flexibility index (Phi) is 4.96. The average molecular weight is 306 g/mol. The first kappa shape index (κ1) is 16.6. The Morgan fingerprint density at radius 3 is 2.32 bits per heavy atom. The highest BCUT2D eigenvalue weighted by Crippen LogP contribution is 2.27. The van der Waals surface area contributed by atoms with Crippen LogP contribution in [0.25, 0.3) is 0 Å². The summed E-state index contributed by atoms with van der Waals surface area (Å²) in [7, 11) is 0. The lowest BCUT2D eigenvalue weighted by atomic mass is 9.94. The first-order chi connectivity index (χ1) is 10.3. The molecule has 1 aliphatic rings. The molecule has 1 heterocycles. The van der Waals surface area contributed by atoms with Crippen LogP contribution < -0.4 is 15.4 Å². The molecule has 0 bridgehead atoms. The van der Waals surface area contributed by atoms with Gasteiger partial charge in [-0.15, -0.1) is 0 Å². The molecule has 2 N–H and O–H groups in total. The highest BCUT2D eigenvalue weighted by atomic mass is 16.6. The van der Waals surface area contributed by atoms with E-state index in [-0.39, 0.29) is 5.60 Å². The number of amides is 1. The second-order valence-corrected chi connectivity index (χ2v) is 6.95. The molecule has 0 spiro atoms. The summed E-state index contributed by atoms with van der Waals surface area (Å²) in [5, 5.41) is 6.05. The van der Waals surface area contributed by atoms with Gasteiger partial charge in [0.25, 0.3) is 0 Å². The zero-order valence-corrected chi connectivity index (χ0v) is 13.9. The summed E-state index contributed by atoms with van der Waals surface area (Å²) in [5.41, 5.74) is 0.0688. The van der Waals surface area contributed by atoms with E-state index in [0.717, 1.165) is 31.7 Å². The molecule has 122 valence electrons. The van der Waals surface area contributed by atoms with Gasteiger partial charge in [0, 0.05) is 5.69 Å². The van der Waals surface area contributed by atoms with Crippen LogP contribution in [0.15, 0.2) is 24.3 Å². The minimum Gasteiger partial charge on any atom is -0.487 e. The largest absolute Gasteiger partial charge is 0.487 e. The summed E-state index contributed by atoms with van der Waals surface area (Å²) in [5.74, 6) is 0.819. The summed E-state index contributed by atoms with van der Waals surface area (Å²) in [6, 6.07) is 7.40. The average Bonchev–Trinajstić information content (AvgIpc) is 2.39. The van der Waals surface area contributed by atoms with Crippen molar-refractivity contribution in [1.82, 2.24) is 5.32 Å². The van der Waals surface area contributed by atoms with Crippen LogP contribution in [0.1, 0.15) is 40.5 Å². The van der Waals surface area contributed by atoms with E-state index < -0.39 is 11.7 Å². The van der Waals surface area contributed by atoms with Gasteiger partial charge in [0.1, 0.15) is 17.0 Å². The molecule has 0 unspecified atom stereocenters. The Balaban J connectivity index is 1.91. The first-order valence-electron chi connectivity index (χ1n) is 7.76. The van der Waals surface area contributed by atoms with Gasteiger partial charge in [-0.1, -0.05) is 0 Å². The van der Waals surface area contributed by atoms with Gasteiger partial charge < -0.3 is 14.8 Å². The molecule has 0 saturated carbocycles. The normalized spacial score (nSPS) is 17.6. The molecule has 1 aromatic rings. The molecule has 2 rings (SSSR count). The predicted octanol–water partition coefficient (Wildman–Crippen LogP) is 3.55. The van der Waals surface area contributed by atoms with Crippen molar-refractivity contribution in [3.8, 4) is 5.75 Å². The van der Waals surface area contributed by atoms with Gasteiger partial charge in [-0.25, -0.2) is 4.79 Å².